The number of halogens is 1. The largest absolute Gasteiger partial charge is 0.353 e. The summed E-state index contributed by atoms with van der Waals surface area (Å²) in [6, 6.07) is 3.27. The van der Waals surface area contributed by atoms with Gasteiger partial charge in [-0.2, -0.15) is 0 Å². The number of anilines is 3. The van der Waals surface area contributed by atoms with E-state index in [9.17, 15) is 10.1 Å². The van der Waals surface area contributed by atoms with E-state index in [0.717, 1.165) is 13.1 Å². The van der Waals surface area contributed by atoms with Crippen molar-refractivity contribution in [2.24, 2.45) is 0 Å². The first-order valence-electron chi connectivity index (χ1n) is 7.36. The Labute approximate surface area is 143 Å². The van der Waals surface area contributed by atoms with Crippen molar-refractivity contribution in [1.82, 2.24) is 19.9 Å². The highest BCUT2D eigenvalue weighted by atomic mass is 35.5. The van der Waals surface area contributed by atoms with Gasteiger partial charge in [0.2, 0.25) is 11.6 Å². The van der Waals surface area contributed by atoms with E-state index in [1.54, 1.807) is 12.1 Å². The Kier molecular flexibility index (Phi) is 4.72. The lowest BCUT2D eigenvalue weighted by atomic mass is 10.3. The van der Waals surface area contributed by atoms with Crippen LogP contribution in [0.3, 0.4) is 0 Å². The molecule has 1 aliphatic heterocycles. The predicted octanol–water partition coefficient (Wildman–Crippen LogP) is 1.93. The number of aromatic nitrogens is 3. The van der Waals surface area contributed by atoms with Crippen LogP contribution in [0.15, 0.2) is 24.7 Å². The van der Waals surface area contributed by atoms with Crippen molar-refractivity contribution in [2.45, 2.75) is 0 Å². The maximum Gasteiger partial charge on any atom is 0.353 e. The topological polar surface area (TPSA) is 100 Å². The van der Waals surface area contributed by atoms with Crippen molar-refractivity contribution in [2.75, 3.05) is 43.4 Å². The van der Waals surface area contributed by atoms with Crippen molar-refractivity contribution >= 4 is 34.7 Å². The summed E-state index contributed by atoms with van der Waals surface area (Å²) in [6.07, 6.45) is 2.77. The number of nitrogens with zero attached hydrogens (tertiary/aromatic N) is 6. The van der Waals surface area contributed by atoms with E-state index in [0.29, 0.717) is 29.7 Å². The summed E-state index contributed by atoms with van der Waals surface area (Å²) in [6.45, 7) is 2.99. The van der Waals surface area contributed by atoms with E-state index < -0.39 is 4.92 Å². The summed E-state index contributed by atoms with van der Waals surface area (Å²) in [7, 11) is 2.02. The third-order valence-corrected chi connectivity index (χ3v) is 3.99. The molecule has 0 aromatic carbocycles. The molecule has 1 saturated heterocycles. The summed E-state index contributed by atoms with van der Waals surface area (Å²) in [4.78, 5) is 27.4. The van der Waals surface area contributed by atoms with Gasteiger partial charge in [0.1, 0.15) is 12.1 Å². The van der Waals surface area contributed by atoms with Gasteiger partial charge in [0.25, 0.3) is 0 Å². The Hall–Kier alpha value is -2.52. The molecule has 0 atom stereocenters. The van der Waals surface area contributed by atoms with Crippen LogP contribution in [0.25, 0.3) is 0 Å². The number of rotatable bonds is 4. The number of nitrogens with one attached hydrogen (secondary N) is 1. The third-order valence-electron chi connectivity index (χ3n) is 3.76. The van der Waals surface area contributed by atoms with Crippen LogP contribution in [0.4, 0.5) is 23.1 Å². The molecule has 10 heteroatoms. The Balaban J connectivity index is 1.93. The zero-order valence-electron chi connectivity index (χ0n) is 13.0. The predicted molar refractivity (Wildman–Crippen MR) is 90.9 cm³/mol. The molecular weight excluding hydrogens is 334 g/mol. The molecule has 3 heterocycles. The Morgan fingerprint density at radius 3 is 2.58 bits per heavy atom. The Morgan fingerprint density at radius 1 is 1.21 bits per heavy atom. The van der Waals surface area contributed by atoms with E-state index in [1.165, 1.54) is 12.5 Å². The Morgan fingerprint density at radius 2 is 1.96 bits per heavy atom. The average Bonchev–Trinajstić information content (AvgIpc) is 2.57. The van der Waals surface area contributed by atoms with E-state index >= 15 is 0 Å². The quantitative estimate of drug-likeness (QED) is 0.660. The monoisotopic (exact) mass is 349 g/mol. The Bertz CT molecular complexity index is 732. The highest BCUT2D eigenvalue weighted by Gasteiger charge is 2.28. The first-order valence-corrected chi connectivity index (χ1v) is 7.74. The van der Waals surface area contributed by atoms with E-state index in [4.69, 9.17) is 11.6 Å². The molecule has 3 rings (SSSR count). The summed E-state index contributed by atoms with van der Waals surface area (Å²) in [5, 5.41) is 15.0. The minimum Gasteiger partial charge on any atom is -0.348 e. The van der Waals surface area contributed by atoms with Gasteiger partial charge in [-0.3, -0.25) is 10.1 Å². The second kappa shape index (κ2) is 6.93. The molecule has 126 valence electrons. The molecular formula is C14H16ClN7O2. The maximum absolute atomic E-state index is 11.6. The lowest BCUT2D eigenvalue weighted by Gasteiger charge is -2.32. The minimum atomic E-state index is -0.466. The van der Waals surface area contributed by atoms with Gasteiger partial charge in [-0.05, 0) is 19.2 Å². The average molecular weight is 350 g/mol. The van der Waals surface area contributed by atoms with Crippen LogP contribution < -0.4 is 10.2 Å². The molecule has 1 N–H and O–H groups in total. The lowest BCUT2D eigenvalue weighted by Crippen LogP contribution is -2.45. The molecule has 9 nitrogen and oxygen atoms in total. The van der Waals surface area contributed by atoms with Crippen molar-refractivity contribution in [3.05, 3.63) is 39.8 Å². The van der Waals surface area contributed by atoms with Crippen LogP contribution in [-0.4, -0.2) is 58.0 Å². The second-order valence-corrected chi connectivity index (χ2v) is 5.87. The molecule has 0 radical (unpaired) electrons. The molecule has 0 aliphatic carbocycles. The minimum absolute atomic E-state index is 0.110. The smallest absolute Gasteiger partial charge is 0.348 e. The summed E-state index contributed by atoms with van der Waals surface area (Å²) in [5.41, 5.74) is -0.154. The number of likely N-dealkylation sites (N-methyl/N-ethyl adjacent to an activating group) is 1. The highest BCUT2D eigenvalue weighted by Crippen LogP contribution is 2.33. The standard InChI is InChI=1S/C14H16ClN7O2/c1-20-4-6-21(7-5-20)14-12(22(23)24)13(17-9-18-14)19-11-3-2-10(15)8-16-11/h2-3,8-9H,4-7H2,1H3,(H,16,17,18,19). The zero-order chi connectivity index (χ0) is 17.1. The number of nitro groups is 1. The van der Waals surface area contributed by atoms with Gasteiger partial charge in [0, 0.05) is 32.4 Å². The molecule has 1 fully saturated rings. The summed E-state index contributed by atoms with van der Waals surface area (Å²) in [5.74, 6) is 0.851. The summed E-state index contributed by atoms with van der Waals surface area (Å²) >= 11 is 5.80. The second-order valence-electron chi connectivity index (χ2n) is 5.43. The van der Waals surface area contributed by atoms with Gasteiger partial charge in [-0.1, -0.05) is 11.6 Å². The molecule has 0 unspecified atom stereocenters. The van der Waals surface area contributed by atoms with Gasteiger partial charge in [-0.25, -0.2) is 15.0 Å². The van der Waals surface area contributed by atoms with Crippen LogP contribution in [0, 0.1) is 10.1 Å². The molecule has 0 spiro atoms. The molecule has 0 amide bonds. The van der Waals surface area contributed by atoms with Crippen molar-refractivity contribution < 1.29 is 4.92 Å². The first-order chi connectivity index (χ1) is 11.5. The van der Waals surface area contributed by atoms with Gasteiger partial charge < -0.3 is 15.1 Å². The van der Waals surface area contributed by atoms with Crippen LogP contribution in [0.2, 0.25) is 5.02 Å². The van der Waals surface area contributed by atoms with Crippen LogP contribution in [0.5, 0.6) is 0 Å². The fourth-order valence-corrected chi connectivity index (χ4v) is 2.56. The SMILES string of the molecule is CN1CCN(c2ncnc(Nc3ccc(Cl)cn3)c2[N+](=O)[O-])CC1. The van der Waals surface area contributed by atoms with E-state index in [-0.39, 0.29) is 11.5 Å². The van der Waals surface area contributed by atoms with Crippen molar-refractivity contribution in [1.29, 1.82) is 0 Å². The maximum atomic E-state index is 11.6. The van der Waals surface area contributed by atoms with Crippen LogP contribution in [0.1, 0.15) is 0 Å². The molecule has 2 aromatic heterocycles. The van der Waals surface area contributed by atoms with E-state index in [1.807, 2.05) is 11.9 Å². The number of hydrogen-bond acceptors (Lipinski definition) is 8. The number of hydrogen-bond donors (Lipinski definition) is 1. The van der Waals surface area contributed by atoms with Crippen molar-refractivity contribution in [3.8, 4) is 0 Å². The van der Waals surface area contributed by atoms with Crippen LogP contribution in [-0.2, 0) is 0 Å². The molecule has 2 aromatic rings. The molecule has 0 saturated carbocycles. The molecule has 24 heavy (non-hydrogen) atoms. The van der Waals surface area contributed by atoms with Gasteiger partial charge in [-0.15, -0.1) is 0 Å². The third kappa shape index (κ3) is 3.52. The van der Waals surface area contributed by atoms with Crippen LogP contribution >= 0.6 is 11.6 Å². The van der Waals surface area contributed by atoms with Gasteiger partial charge in [0.15, 0.2) is 0 Å². The molecule has 1 aliphatic rings. The summed E-state index contributed by atoms with van der Waals surface area (Å²) < 4.78 is 0. The normalized spacial score (nSPS) is 15.3. The first kappa shape index (κ1) is 16.3. The number of piperazine rings is 1. The fourth-order valence-electron chi connectivity index (χ4n) is 2.45. The number of pyridine rings is 1. The molecule has 0 bridgehead atoms. The fraction of sp³-hybridized carbons (Fsp3) is 0.357. The van der Waals surface area contributed by atoms with Gasteiger partial charge >= 0.3 is 5.69 Å². The van der Waals surface area contributed by atoms with Crippen molar-refractivity contribution in [3.63, 3.8) is 0 Å². The van der Waals surface area contributed by atoms with Gasteiger partial charge in [0.05, 0.1) is 9.95 Å². The highest BCUT2D eigenvalue weighted by molar-refractivity contribution is 6.30. The lowest BCUT2D eigenvalue weighted by molar-refractivity contribution is -0.383. The zero-order valence-corrected chi connectivity index (χ0v) is 13.8. The van der Waals surface area contributed by atoms with E-state index in [2.05, 4.69) is 25.2 Å².